The Hall–Kier alpha value is -4.01. The van der Waals surface area contributed by atoms with Crippen molar-refractivity contribution in [2.75, 3.05) is 38.1 Å². The molecule has 15 heteroatoms. The monoisotopic (exact) mass is 676 g/mol. The number of hydrazine groups is 1. The Kier molecular flexibility index (Phi) is 11.8. The third kappa shape index (κ3) is 9.74. The van der Waals surface area contributed by atoms with Crippen LogP contribution in [0.25, 0.3) is 10.2 Å². The van der Waals surface area contributed by atoms with Crippen LogP contribution in [0.15, 0.2) is 42.5 Å². The van der Waals surface area contributed by atoms with Gasteiger partial charge in [0.1, 0.15) is 18.0 Å². The van der Waals surface area contributed by atoms with E-state index in [1.807, 2.05) is 24.3 Å². The lowest BCUT2D eigenvalue weighted by atomic mass is 10.1. The van der Waals surface area contributed by atoms with Crippen molar-refractivity contribution in [3.05, 3.63) is 58.9 Å². The van der Waals surface area contributed by atoms with Crippen molar-refractivity contribution in [1.29, 1.82) is 0 Å². The molecule has 1 atom stereocenters. The molecular formula is C31H38ClFN6O6S. The number of aromatic nitrogens is 1. The number of piperazine rings is 1. The quantitative estimate of drug-likeness (QED) is 0.272. The molecule has 2 aromatic carbocycles. The fourth-order valence-electron chi connectivity index (χ4n) is 4.77. The normalized spacial score (nSPS) is 14.1. The van der Waals surface area contributed by atoms with Crippen LogP contribution in [0.3, 0.4) is 0 Å². The highest BCUT2D eigenvalue weighted by Gasteiger charge is 2.29. The Balaban J connectivity index is 1.40. The maximum Gasteiger partial charge on any atom is 0.413 e. The highest BCUT2D eigenvalue weighted by Crippen LogP contribution is 2.25. The van der Waals surface area contributed by atoms with Gasteiger partial charge in [0, 0.05) is 46.1 Å². The standard InChI is InChI=1S/C31H38ClFN6O6S/c1-20(40)39(34-18-21-8-7-9-23(33)27(21)32)22(19-44-29(42)36-28-35-24-10-5-6-11-25(24)46-28)12-13-26(41)37-14-16-38(17-15-37)30(43)45-31(2,3)4/h5-11,22,34H,12-19H2,1-4H3,(H,35,36,42)/t22-/m0/s1. The van der Waals surface area contributed by atoms with Crippen molar-refractivity contribution in [3.63, 3.8) is 0 Å². The molecule has 0 aliphatic carbocycles. The average molecular weight is 677 g/mol. The summed E-state index contributed by atoms with van der Waals surface area (Å²) in [5.41, 5.74) is 3.49. The van der Waals surface area contributed by atoms with E-state index in [2.05, 4.69) is 15.7 Å². The number of halogens is 2. The lowest BCUT2D eigenvalue weighted by Gasteiger charge is -2.36. The fourth-order valence-corrected chi connectivity index (χ4v) is 5.82. The van der Waals surface area contributed by atoms with E-state index in [9.17, 15) is 23.6 Å². The van der Waals surface area contributed by atoms with Gasteiger partial charge in [-0.05, 0) is 51.0 Å². The van der Waals surface area contributed by atoms with E-state index in [1.54, 1.807) is 36.6 Å². The second-order valence-corrected chi connectivity index (χ2v) is 13.1. The van der Waals surface area contributed by atoms with Crippen molar-refractivity contribution in [2.45, 2.75) is 58.7 Å². The number of anilines is 1. The van der Waals surface area contributed by atoms with Crippen molar-refractivity contribution >= 4 is 62.3 Å². The van der Waals surface area contributed by atoms with Gasteiger partial charge in [-0.15, -0.1) is 0 Å². The second-order valence-electron chi connectivity index (χ2n) is 11.7. The first-order valence-corrected chi connectivity index (χ1v) is 16.0. The molecule has 0 spiro atoms. The number of nitrogens with zero attached hydrogens (tertiary/aromatic N) is 4. The molecule has 1 aliphatic rings. The van der Waals surface area contributed by atoms with Gasteiger partial charge in [0.2, 0.25) is 11.8 Å². The third-order valence-corrected chi connectivity index (χ3v) is 8.44. The molecular weight excluding hydrogens is 639 g/mol. The van der Waals surface area contributed by atoms with Gasteiger partial charge in [-0.1, -0.05) is 47.2 Å². The van der Waals surface area contributed by atoms with E-state index in [4.69, 9.17) is 21.1 Å². The molecule has 2 heterocycles. The Bertz CT molecular complexity index is 1520. The predicted octanol–water partition coefficient (Wildman–Crippen LogP) is 5.42. The topological polar surface area (TPSA) is 133 Å². The molecule has 0 saturated carbocycles. The zero-order valence-electron chi connectivity index (χ0n) is 26.2. The lowest BCUT2D eigenvalue weighted by Crippen LogP contribution is -2.53. The van der Waals surface area contributed by atoms with E-state index >= 15 is 0 Å². The van der Waals surface area contributed by atoms with Gasteiger partial charge in [-0.25, -0.2) is 24.4 Å². The molecule has 0 radical (unpaired) electrons. The lowest BCUT2D eigenvalue weighted by molar-refractivity contribution is -0.139. The maximum atomic E-state index is 14.0. The van der Waals surface area contributed by atoms with Gasteiger partial charge in [0.05, 0.1) is 21.3 Å². The van der Waals surface area contributed by atoms with Crippen LogP contribution in [0.2, 0.25) is 5.02 Å². The Morgan fingerprint density at radius 3 is 2.43 bits per heavy atom. The van der Waals surface area contributed by atoms with Crippen molar-refractivity contribution < 1.29 is 33.0 Å². The molecule has 0 bridgehead atoms. The zero-order valence-corrected chi connectivity index (χ0v) is 27.8. The number of amides is 4. The van der Waals surface area contributed by atoms with Crippen LogP contribution in [-0.2, 0) is 25.6 Å². The Morgan fingerprint density at radius 1 is 1.07 bits per heavy atom. The molecule has 12 nitrogen and oxygen atoms in total. The van der Waals surface area contributed by atoms with Crippen LogP contribution in [0.5, 0.6) is 0 Å². The smallest absolute Gasteiger partial charge is 0.413 e. The highest BCUT2D eigenvalue weighted by molar-refractivity contribution is 7.22. The highest BCUT2D eigenvalue weighted by atomic mass is 35.5. The number of nitrogens with one attached hydrogen (secondary N) is 2. The number of rotatable bonds is 10. The van der Waals surface area contributed by atoms with E-state index in [1.165, 1.54) is 35.4 Å². The summed E-state index contributed by atoms with van der Waals surface area (Å²) in [6, 6.07) is 11.0. The first kappa shape index (κ1) is 34.9. The number of benzene rings is 2. The summed E-state index contributed by atoms with van der Waals surface area (Å²) in [4.78, 5) is 58.7. The minimum Gasteiger partial charge on any atom is -0.447 e. The largest absolute Gasteiger partial charge is 0.447 e. The molecule has 1 saturated heterocycles. The summed E-state index contributed by atoms with van der Waals surface area (Å²) >= 11 is 7.40. The first-order valence-electron chi connectivity index (χ1n) is 14.8. The minimum atomic E-state index is -0.773. The SMILES string of the molecule is CC(=O)N(NCc1cccc(F)c1Cl)[C@@H](CCC(=O)N1CCN(C(=O)OC(C)(C)C)CC1)COC(=O)Nc1nc2ccccc2s1. The van der Waals surface area contributed by atoms with Crippen molar-refractivity contribution in [2.24, 2.45) is 0 Å². The number of ether oxygens (including phenoxy) is 2. The number of carbonyl (C=O) groups is 4. The maximum absolute atomic E-state index is 14.0. The van der Waals surface area contributed by atoms with Crippen LogP contribution in [0.1, 0.15) is 46.1 Å². The van der Waals surface area contributed by atoms with Gasteiger partial charge in [0.15, 0.2) is 5.13 Å². The number of carbonyl (C=O) groups excluding carboxylic acids is 4. The van der Waals surface area contributed by atoms with Crippen LogP contribution >= 0.6 is 22.9 Å². The van der Waals surface area contributed by atoms with Crippen LogP contribution in [-0.4, -0.2) is 88.2 Å². The summed E-state index contributed by atoms with van der Waals surface area (Å²) in [6.45, 7) is 7.78. The first-order chi connectivity index (χ1) is 21.8. The van der Waals surface area contributed by atoms with E-state index in [-0.39, 0.29) is 36.9 Å². The minimum absolute atomic E-state index is 0.00510. The molecule has 4 rings (SSSR count). The predicted molar refractivity (Wildman–Crippen MR) is 173 cm³/mol. The van der Waals surface area contributed by atoms with Gasteiger partial charge < -0.3 is 19.3 Å². The van der Waals surface area contributed by atoms with Gasteiger partial charge in [-0.2, -0.15) is 0 Å². The molecule has 4 amide bonds. The fraction of sp³-hybridized carbons (Fsp3) is 0.452. The summed E-state index contributed by atoms with van der Waals surface area (Å²) in [5.74, 6) is -1.19. The molecule has 2 N–H and O–H groups in total. The molecule has 1 aromatic heterocycles. The number of hydrogen-bond acceptors (Lipinski definition) is 9. The number of thiazole rings is 1. The Morgan fingerprint density at radius 2 is 1.76 bits per heavy atom. The van der Waals surface area contributed by atoms with Crippen molar-refractivity contribution in [1.82, 2.24) is 25.2 Å². The van der Waals surface area contributed by atoms with Gasteiger partial charge >= 0.3 is 12.2 Å². The summed E-state index contributed by atoms with van der Waals surface area (Å²) in [6.07, 6.45) is -1.03. The Labute approximate surface area is 275 Å². The molecule has 0 unspecified atom stereocenters. The number of para-hydroxylation sites is 1. The van der Waals surface area contributed by atoms with Crippen LogP contribution < -0.4 is 10.7 Å². The summed E-state index contributed by atoms with van der Waals surface area (Å²) in [5, 5.41) is 4.15. The molecule has 248 valence electrons. The van der Waals surface area contributed by atoms with Gasteiger partial charge in [0.25, 0.3) is 0 Å². The average Bonchev–Trinajstić information content (AvgIpc) is 3.41. The molecule has 1 aliphatic heterocycles. The third-order valence-electron chi connectivity index (χ3n) is 7.06. The molecule has 46 heavy (non-hydrogen) atoms. The molecule has 1 fully saturated rings. The van der Waals surface area contributed by atoms with Crippen LogP contribution in [0, 0.1) is 5.82 Å². The number of hydrogen-bond donors (Lipinski definition) is 2. The molecule has 3 aromatic rings. The zero-order chi connectivity index (χ0) is 33.4. The number of fused-ring (bicyclic) bond motifs is 1. The van der Waals surface area contributed by atoms with Gasteiger partial charge in [-0.3, -0.25) is 19.9 Å². The summed E-state index contributed by atoms with van der Waals surface area (Å²) in [7, 11) is 0. The van der Waals surface area contributed by atoms with E-state index in [0.717, 1.165) is 10.2 Å². The van der Waals surface area contributed by atoms with Crippen LogP contribution in [0.4, 0.5) is 19.1 Å². The van der Waals surface area contributed by atoms with Crippen molar-refractivity contribution in [3.8, 4) is 0 Å². The second kappa shape index (κ2) is 15.5. The van der Waals surface area contributed by atoms with E-state index in [0.29, 0.717) is 36.9 Å². The van der Waals surface area contributed by atoms with E-state index < -0.39 is 35.6 Å². The summed E-state index contributed by atoms with van der Waals surface area (Å²) < 4.78 is 25.8.